The van der Waals surface area contributed by atoms with Crippen molar-refractivity contribution < 1.29 is 31.8 Å². The van der Waals surface area contributed by atoms with Gasteiger partial charge >= 0.3 is 12.1 Å². The number of ether oxygens (including phenoxy) is 2. The van der Waals surface area contributed by atoms with Gasteiger partial charge in [0.2, 0.25) is 0 Å². The van der Waals surface area contributed by atoms with Crippen molar-refractivity contribution in [3.63, 3.8) is 0 Å². The number of alkyl halides is 3. The molecule has 0 spiro atoms. The lowest BCUT2D eigenvalue weighted by Gasteiger charge is -2.47. The first-order valence-corrected chi connectivity index (χ1v) is 11.6. The van der Waals surface area contributed by atoms with E-state index in [9.17, 15) is 22.4 Å². The number of esters is 1. The fourth-order valence-corrected chi connectivity index (χ4v) is 4.80. The van der Waals surface area contributed by atoms with Crippen LogP contribution in [0.2, 0.25) is 0 Å². The zero-order chi connectivity index (χ0) is 24.3. The van der Waals surface area contributed by atoms with Gasteiger partial charge in [-0.3, -0.25) is 0 Å². The van der Waals surface area contributed by atoms with Gasteiger partial charge in [-0.15, -0.1) is 0 Å². The zero-order valence-corrected chi connectivity index (χ0v) is 19.2. The maximum absolute atomic E-state index is 14.6. The van der Waals surface area contributed by atoms with Crippen LogP contribution in [0.15, 0.2) is 42.5 Å². The highest BCUT2D eigenvalue weighted by atomic mass is 19.4. The fourth-order valence-electron chi connectivity index (χ4n) is 4.80. The van der Waals surface area contributed by atoms with Crippen LogP contribution in [0.3, 0.4) is 0 Å². The van der Waals surface area contributed by atoms with Crippen molar-refractivity contribution in [1.82, 2.24) is 4.90 Å². The minimum Gasteiger partial charge on any atom is -0.490 e. The third-order valence-corrected chi connectivity index (χ3v) is 7.19. The van der Waals surface area contributed by atoms with E-state index in [0.717, 1.165) is 18.4 Å². The average molecular weight is 480 g/mol. The van der Waals surface area contributed by atoms with E-state index in [1.54, 1.807) is 36.4 Å². The molecule has 1 aliphatic heterocycles. The Bertz CT molecular complexity index is 994. The lowest BCUT2D eigenvalue weighted by molar-refractivity contribution is -0.256. The summed E-state index contributed by atoms with van der Waals surface area (Å²) in [5.74, 6) is -0.577. The third kappa shape index (κ3) is 5.22. The molecule has 4 nitrogen and oxygen atoms in total. The molecule has 0 radical (unpaired) electrons. The normalized spacial score (nSPS) is 18.9. The summed E-state index contributed by atoms with van der Waals surface area (Å²) in [6.07, 6.45) is -1.57. The molecule has 0 bridgehead atoms. The van der Waals surface area contributed by atoms with E-state index in [1.165, 1.54) is 13.2 Å². The Labute approximate surface area is 196 Å². The second kappa shape index (κ2) is 9.94. The molecule has 2 aliphatic rings. The Morgan fingerprint density at radius 3 is 2.24 bits per heavy atom. The predicted octanol–water partition coefficient (Wildman–Crippen LogP) is 6.10. The van der Waals surface area contributed by atoms with Crippen LogP contribution in [0.4, 0.5) is 17.6 Å². The number of carbonyl (C=O) groups is 1. The first kappa shape index (κ1) is 24.5. The molecule has 2 aromatic rings. The summed E-state index contributed by atoms with van der Waals surface area (Å²) < 4.78 is 65.3. The third-order valence-electron chi connectivity index (χ3n) is 7.19. The predicted molar refractivity (Wildman–Crippen MR) is 120 cm³/mol. The van der Waals surface area contributed by atoms with Crippen molar-refractivity contribution in [2.24, 2.45) is 11.3 Å². The maximum atomic E-state index is 14.6. The summed E-state index contributed by atoms with van der Waals surface area (Å²) in [7, 11) is 1.31. The zero-order valence-electron chi connectivity index (χ0n) is 19.2. The van der Waals surface area contributed by atoms with E-state index >= 15 is 0 Å². The molecule has 0 N–H and O–H groups in total. The molecular weight excluding hydrogens is 450 g/mol. The van der Waals surface area contributed by atoms with Gasteiger partial charge < -0.3 is 14.4 Å². The molecular formula is C26H29F4NO3. The van der Waals surface area contributed by atoms with Crippen LogP contribution >= 0.6 is 0 Å². The molecule has 1 heterocycles. The number of rotatable bonds is 7. The first-order chi connectivity index (χ1) is 16.2. The van der Waals surface area contributed by atoms with Crippen LogP contribution in [0, 0.1) is 17.2 Å². The van der Waals surface area contributed by atoms with Gasteiger partial charge in [0.15, 0.2) is 11.6 Å². The second-order valence-electron chi connectivity index (χ2n) is 9.38. The molecule has 34 heavy (non-hydrogen) atoms. The van der Waals surface area contributed by atoms with Crippen LogP contribution in [0.1, 0.15) is 42.5 Å². The lowest BCUT2D eigenvalue weighted by Crippen LogP contribution is -2.53. The van der Waals surface area contributed by atoms with E-state index < -0.39 is 23.4 Å². The number of benzene rings is 2. The van der Waals surface area contributed by atoms with Crippen LogP contribution in [0.5, 0.6) is 5.75 Å². The molecule has 2 fully saturated rings. The Hall–Kier alpha value is -2.61. The van der Waals surface area contributed by atoms with Gasteiger partial charge in [-0.05, 0) is 80.1 Å². The van der Waals surface area contributed by atoms with Crippen molar-refractivity contribution in [3.8, 4) is 16.9 Å². The SMILES string of the molecule is COC(=O)c1ccc(-c2ccc(OCC3CCN(CC4(C(F)(F)F)CCC4)CC3)c(F)c2)cc1. The van der Waals surface area contributed by atoms with Gasteiger partial charge in [0.1, 0.15) is 0 Å². The number of hydrogen-bond donors (Lipinski definition) is 0. The maximum Gasteiger partial charge on any atom is 0.395 e. The Balaban J connectivity index is 1.28. The number of likely N-dealkylation sites (tertiary alicyclic amines) is 1. The molecule has 8 heteroatoms. The van der Waals surface area contributed by atoms with Crippen molar-refractivity contribution in [2.75, 3.05) is 33.4 Å². The summed E-state index contributed by atoms with van der Waals surface area (Å²) in [6.45, 7) is 1.63. The molecule has 1 saturated carbocycles. The van der Waals surface area contributed by atoms with E-state index in [2.05, 4.69) is 4.74 Å². The van der Waals surface area contributed by atoms with E-state index in [0.29, 0.717) is 37.2 Å². The monoisotopic (exact) mass is 479 g/mol. The van der Waals surface area contributed by atoms with Crippen LogP contribution in [0.25, 0.3) is 11.1 Å². The Morgan fingerprint density at radius 1 is 1.06 bits per heavy atom. The van der Waals surface area contributed by atoms with Gasteiger partial charge in [-0.25, -0.2) is 9.18 Å². The van der Waals surface area contributed by atoms with E-state index in [1.807, 2.05) is 4.90 Å². The number of piperidine rings is 1. The summed E-state index contributed by atoms with van der Waals surface area (Å²) in [5.41, 5.74) is 0.303. The lowest BCUT2D eigenvalue weighted by atomic mass is 9.67. The number of halogens is 4. The van der Waals surface area contributed by atoms with Crippen LogP contribution in [-0.4, -0.2) is 50.4 Å². The molecule has 1 saturated heterocycles. The highest BCUT2D eigenvalue weighted by Crippen LogP contribution is 2.53. The molecule has 2 aromatic carbocycles. The number of carbonyl (C=O) groups excluding carboxylic acids is 1. The first-order valence-electron chi connectivity index (χ1n) is 11.6. The van der Waals surface area contributed by atoms with Gasteiger partial charge in [-0.1, -0.05) is 24.6 Å². The highest BCUT2D eigenvalue weighted by Gasteiger charge is 2.58. The summed E-state index contributed by atoms with van der Waals surface area (Å²) in [6, 6.07) is 11.4. The number of nitrogens with zero attached hydrogens (tertiary/aromatic N) is 1. The molecule has 0 atom stereocenters. The molecule has 1 aliphatic carbocycles. The number of hydrogen-bond acceptors (Lipinski definition) is 4. The van der Waals surface area contributed by atoms with E-state index in [-0.39, 0.29) is 31.1 Å². The Kier molecular flexibility index (Phi) is 7.17. The standard InChI is InChI=1S/C26H29F4NO3/c1-33-24(32)20-5-3-19(4-6-20)21-7-8-23(22(27)15-21)34-16-18-9-13-31(14-10-18)17-25(11-2-12-25)26(28,29)30/h3-8,15,18H,2,9-14,16-17H2,1H3. The minimum absolute atomic E-state index is 0.0841. The van der Waals surface area contributed by atoms with Gasteiger partial charge in [0, 0.05) is 6.54 Å². The van der Waals surface area contributed by atoms with Crippen molar-refractivity contribution in [2.45, 2.75) is 38.3 Å². The second-order valence-corrected chi connectivity index (χ2v) is 9.38. The quantitative estimate of drug-likeness (QED) is 0.355. The summed E-state index contributed by atoms with van der Waals surface area (Å²) in [5, 5.41) is 0. The molecule has 0 aromatic heterocycles. The topological polar surface area (TPSA) is 38.8 Å². The molecule has 184 valence electrons. The van der Waals surface area contributed by atoms with Gasteiger partial charge in [0.25, 0.3) is 0 Å². The smallest absolute Gasteiger partial charge is 0.395 e. The van der Waals surface area contributed by atoms with Gasteiger partial charge in [0.05, 0.1) is 24.7 Å². The number of methoxy groups -OCH3 is 1. The van der Waals surface area contributed by atoms with Gasteiger partial charge in [-0.2, -0.15) is 13.2 Å². The van der Waals surface area contributed by atoms with Crippen LogP contribution in [-0.2, 0) is 4.74 Å². The fraction of sp³-hybridized carbons (Fsp3) is 0.500. The summed E-state index contributed by atoms with van der Waals surface area (Å²) >= 11 is 0. The molecule has 4 rings (SSSR count). The Morgan fingerprint density at radius 2 is 1.71 bits per heavy atom. The summed E-state index contributed by atoms with van der Waals surface area (Å²) in [4.78, 5) is 13.5. The highest BCUT2D eigenvalue weighted by molar-refractivity contribution is 5.89. The largest absolute Gasteiger partial charge is 0.490 e. The van der Waals surface area contributed by atoms with Crippen molar-refractivity contribution >= 4 is 5.97 Å². The molecule has 0 amide bonds. The molecule has 0 unspecified atom stereocenters. The van der Waals surface area contributed by atoms with E-state index in [4.69, 9.17) is 4.74 Å². The van der Waals surface area contributed by atoms with Crippen molar-refractivity contribution in [1.29, 1.82) is 0 Å². The van der Waals surface area contributed by atoms with Crippen molar-refractivity contribution in [3.05, 3.63) is 53.8 Å². The van der Waals surface area contributed by atoms with Crippen LogP contribution < -0.4 is 4.74 Å². The minimum atomic E-state index is -4.14. The average Bonchev–Trinajstić information content (AvgIpc) is 2.80.